The van der Waals surface area contributed by atoms with Crippen LogP contribution in [0.4, 0.5) is 5.88 Å². The molecule has 0 saturated heterocycles. The highest BCUT2D eigenvalue weighted by atomic mass is 16.3. The molecule has 4 nitrogen and oxygen atoms in total. The average molecular weight is 575 g/mol. The van der Waals surface area contributed by atoms with Crippen molar-refractivity contribution < 1.29 is 8.98 Å². The minimum atomic E-state index is 0.221. The molecule has 43 heavy (non-hydrogen) atoms. The van der Waals surface area contributed by atoms with Crippen LogP contribution in [-0.4, -0.2) is 11.7 Å². The Balaban J connectivity index is 0.000000205. The summed E-state index contributed by atoms with van der Waals surface area (Å²) in [6.07, 6.45) is 8.11. The molecular weight excluding hydrogens is 526 g/mol. The minimum absolute atomic E-state index is 0.221. The predicted octanol–water partition coefficient (Wildman–Crippen LogP) is 11.0. The average Bonchev–Trinajstić information content (AvgIpc) is 3.51. The van der Waals surface area contributed by atoms with Crippen molar-refractivity contribution in [1.29, 1.82) is 0 Å². The minimum Gasteiger partial charge on any atom is -0.437 e. The Bertz CT molecular complexity index is 1610. The molecule has 0 fully saturated rings. The van der Waals surface area contributed by atoms with E-state index in [2.05, 4.69) is 112 Å². The number of aromatic nitrogens is 2. The van der Waals surface area contributed by atoms with Crippen LogP contribution in [0.5, 0.6) is 0 Å². The largest absolute Gasteiger partial charge is 0.437 e. The quantitative estimate of drug-likeness (QED) is 0.155. The van der Waals surface area contributed by atoms with Gasteiger partial charge in [0.05, 0.1) is 11.3 Å². The molecule has 2 atom stereocenters. The number of fused-ring (bicyclic) bond motifs is 5. The highest BCUT2D eigenvalue weighted by Crippen LogP contribution is 2.44. The molecule has 0 spiro atoms. The van der Waals surface area contributed by atoms with Crippen LogP contribution in [-0.2, 0) is 0 Å². The van der Waals surface area contributed by atoms with Crippen molar-refractivity contribution in [1.82, 2.24) is 4.98 Å². The van der Waals surface area contributed by atoms with Gasteiger partial charge in [0.15, 0.2) is 17.8 Å². The lowest BCUT2D eigenvalue weighted by Gasteiger charge is -2.27. The van der Waals surface area contributed by atoms with Gasteiger partial charge in [-0.1, -0.05) is 109 Å². The van der Waals surface area contributed by atoms with Crippen molar-refractivity contribution in [2.75, 3.05) is 0 Å². The zero-order chi connectivity index (χ0) is 31.1. The number of unbranched alkanes of at least 4 members (excludes halogenated alkanes) is 2. The zero-order valence-electron chi connectivity index (χ0n) is 27.3. The van der Waals surface area contributed by atoms with Crippen LogP contribution in [0.1, 0.15) is 96.4 Å². The monoisotopic (exact) mass is 574 g/mol. The molecule has 0 N–H and O–H groups in total. The van der Waals surface area contributed by atoms with Crippen LogP contribution in [0.15, 0.2) is 94.6 Å². The van der Waals surface area contributed by atoms with Gasteiger partial charge in [-0.3, -0.25) is 4.98 Å². The third-order valence-electron chi connectivity index (χ3n) is 8.63. The van der Waals surface area contributed by atoms with Gasteiger partial charge in [-0.05, 0) is 42.7 Å². The summed E-state index contributed by atoms with van der Waals surface area (Å²) >= 11 is 0. The van der Waals surface area contributed by atoms with Gasteiger partial charge in [-0.25, -0.2) is 4.99 Å². The third kappa shape index (κ3) is 6.96. The molecule has 4 heteroatoms. The highest BCUT2D eigenvalue weighted by Gasteiger charge is 2.37. The first kappa shape index (κ1) is 31.9. The molecule has 3 aromatic heterocycles. The first-order valence-electron chi connectivity index (χ1n) is 15.7. The van der Waals surface area contributed by atoms with Crippen LogP contribution < -0.4 is 4.57 Å². The molecule has 0 saturated carbocycles. The lowest BCUT2D eigenvalue weighted by molar-refractivity contribution is -0.694. The lowest BCUT2D eigenvalue weighted by atomic mass is 9.78. The van der Waals surface area contributed by atoms with Crippen molar-refractivity contribution in [3.05, 3.63) is 102 Å². The summed E-state index contributed by atoms with van der Waals surface area (Å²) in [7, 11) is 0. The molecule has 2 unspecified atom stereocenters. The van der Waals surface area contributed by atoms with E-state index in [4.69, 9.17) is 4.42 Å². The second-order valence-electron chi connectivity index (χ2n) is 12.5. The Morgan fingerprint density at radius 2 is 1.67 bits per heavy atom. The van der Waals surface area contributed by atoms with Crippen LogP contribution in [0.2, 0.25) is 0 Å². The molecule has 6 rings (SSSR count). The summed E-state index contributed by atoms with van der Waals surface area (Å²) in [5.74, 6) is 1.09. The number of hydrogen-bond donors (Lipinski definition) is 0. The van der Waals surface area contributed by atoms with Gasteiger partial charge in [-0.2, -0.15) is 4.57 Å². The van der Waals surface area contributed by atoms with E-state index in [9.17, 15) is 0 Å². The van der Waals surface area contributed by atoms with E-state index in [1.807, 2.05) is 49.5 Å². The van der Waals surface area contributed by atoms with Crippen LogP contribution in [0, 0.1) is 12.3 Å². The Labute approximate surface area is 258 Å². The van der Waals surface area contributed by atoms with Crippen LogP contribution >= 0.6 is 0 Å². The summed E-state index contributed by atoms with van der Waals surface area (Å²) in [6, 6.07) is 25.4. The normalized spacial score (nSPS) is 14.1. The number of nitrogens with zero attached hydrogens (tertiary/aromatic N) is 3. The van der Waals surface area contributed by atoms with E-state index < -0.39 is 0 Å². The molecule has 0 amide bonds. The molecule has 0 radical (unpaired) electrons. The first-order chi connectivity index (χ1) is 20.6. The fraction of sp³-hybridized carbons (Fsp3) is 0.359. The summed E-state index contributed by atoms with van der Waals surface area (Å²) in [5.41, 5.74) is 9.51. The Morgan fingerprint density at radius 3 is 2.26 bits per heavy atom. The van der Waals surface area contributed by atoms with Gasteiger partial charge in [-0.15, -0.1) is 0 Å². The molecule has 4 heterocycles. The molecule has 0 aliphatic carbocycles. The second-order valence-corrected chi connectivity index (χ2v) is 12.5. The molecule has 1 aliphatic rings. The van der Waals surface area contributed by atoms with Crippen molar-refractivity contribution >= 4 is 23.6 Å². The standard InChI is InChI=1S/C23H27N2O.C11H9N.C5H12/c1-13-17-8-9-18-15(3)25-11-10-16(14(2)23(4,5)6)12-19(25)20(18)21(17)26-22(13)24-7;1-2-6-10(7-3-1)11-8-4-5-9-12-11;1-3-5-4-2/h8-12,14-15H,7H2,1-6H3;1-9H;3-5H2,1-2H3/q+1;;. The molecule has 2 aromatic carbocycles. The molecular formula is C39H48N3O+. The Morgan fingerprint density at radius 1 is 0.977 bits per heavy atom. The zero-order valence-corrected chi connectivity index (χ0v) is 27.3. The van der Waals surface area contributed by atoms with Crippen molar-refractivity contribution in [3.63, 3.8) is 0 Å². The molecule has 0 bridgehead atoms. The fourth-order valence-electron chi connectivity index (χ4n) is 5.53. The number of rotatable bonds is 5. The number of aryl methyl sites for hydroxylation is 1. The number of aliphatic imine (C=N–C) groups is 1. The van der Waals surface area contributed by atoms with Gasteiger partial charge in [0, 0.05) is 47.3 Å². The number of furan rings is 1. The van der Waals surface area contributed by atoms with Gasteiger partial charge in [0.1, 0.15) is 0 Å². The smallest absolute Gasteiger partial charge is 0.222 e. The summed E-state index contributed by atoms with van der Waals surface area (Å²) < 4.78 is 8.47. The summed E-state index contributed by atoms with van der Waals surface area (Å²) in [6.45, 7) is 21.6. The van der Waals surface area contributed by atoms with E-state index in [1.165, 1.54) is 41.6 Å². The lowest BCUT2D eigenvalue weighted by Crippen LogP contribution is -2.36. The maximum absolute atomic E-state index is 6.12. The second kappa shape index (κ2) is 13.9. The highest BCUT2D eigenvalue weighted by molar-refractivity contribution is 5.97. The van der Waals surface area contributed by atoms with E-state index in [0.29, 0.717) is 17.8 Å². The molecule has 5 aromatic rings. The van der Waals surface area contributed by atoms with E-state index in [1.54, 1.807) is 0 Å². The van der Waals surface area contributed by atoms with Crippen molar-refractivity contribution in [3.8, 4) is 22.5 Å². The summed E-state index contributed by atoms with van der Waals surface area (Å²) in [4.78, 5) is 8.31. The van der Waals surface area contributed by atoms with Gasteiger partial charge in [0.25, 0.3) is 0 Å². The fourth-order valence-corrected chi connectivity index (χ4v) is 5.53. The first-order valence-corrected chi connectivity index (χ1v) is 15.7. The van der Waals surface area contributed by atoms with Crippen molar-refractivity contribution in [2.24, 2.45) is 10.4 Å². The maximum Gasteiger partial charge on any atom is 0.222 e. The Kier molecular flexibility index (Phi) is 10.3. The predicted molar refractivity (Wildman–Crippen MR) is 182 cm³/mol. The van der Waals surface area contributed by atoms with E-state index >= 15 is 0 Å². The Hall–Kier alpha value is -4.05. The van der Waals surface area contributed by atoms with Gasteiger partial charge < -0.3 is 4.42 Å². The topological polar surface area (TPSA) is 42.3 Å². The van der Waals surface area contributed by atoms with Gasteiger partial charge in [0.2, 0.25) is 11.6 Å². The molecule has 1 aliphatic heterocycles. The summed E-state index contributed by atoms with van der Waals surface area (Å²) in [5, 5.41) is 1.13. The number of hydrogen-bond acceptors (Lipinski definition) is 3. The molecule has 224 valence electrons. The van der Waals surface area contributed by atoms with E-state index in [-0.39, 0.29) is 5.41 Å². The number of benzene rings is 2. The van der Waals surface area contributed by atoms with Crippen molar-refractivity contribution in [2.45, 2.75) is 86.6 Å². The van der Waals surface area contributed by atoms with Crippen LogP contribution in [0.3, 0.4) is 0 Å². The number of pyridine rings is 2. The van der Waals surface area contributed by atoms with E-state index in [0.717, 1.165) is 27.8 Å². The SMILES string of the molecule is C=Nc1oc2c3c(ccc2c1C)C(C)[n+]1ccc(C(C)C(C)(C)C)cc1-3.CCCCC.c1ccc(-c2ccccn2)cc1. The van der Waals surface area contributed by atoms with Crippen LogP contribution in [0.25, 0.3) is 33.5 Å². The van der Waals surface area contributed by atoms with Gasteiger partial charge >= 0.3 is 0 Å². The maximum atomic E-state index is 6.12. The third-order valence-corrected chi connectivity index (χ3v) is 8.63.